The van der Waals surface area contributed by atoms with E-state index in [1.807, 2.05) is 0 Å². The van der Waals surface area contributed by atoms with Crippen molar-refractivity contribution in [1.82, 2.24) is 0 Å². The van der Waals surface area contributed by atoms with E-state index < -0.39 is 0 Å². The molecule has 11 heavy (non-hydrogen) atoms. The maximum atomic E-state index is 8.79. The van der Waals surface area contributed by atoms with Crippen LogP contribution in [0.15, 0.2) is 21.2 Å². The van der Waals surface area contributed by atoms with Gasteiger partial charge in [-0.2, -0.15) is 0 Å². The van der Waals surface area contributed by atoms with Crippen molar-refractivity contribution in [2.24, 2.45) is 0 Å². The molecule has 3 nitrogen and oxygen atoms in total. The molecule has 0 saturated heterocycles. The SMILES string of the molecule is COC(CO)c1cc(Br)co1. The molecular formula is C7H9BrO3. The highest BCUT2D eigenvalue weighted by molar-refractivity contribution is 9.10. The van der Waals surface area contributed by atoms with Gasteiger partial charge in [-0.1, -0.05) is 0 Å². The largest absolute Gasteiger partial charge is 0.465 e. The molecule has 0 aromatic carbocycles. The van der Waals surface area contributed by atoms with Gasteiger partial charge in [0.05, 0.1) is 11.1 Å². The van der Waals surface area contributed by atoms with Crippen molar-refractivity contribution < 1.29 is 14.3 Å². The minimum absolute atomic E-state index is 0.0730. The summed E-state index contributed by atoms with van der Waals surface area (Å²) >= 11 is 3.23. The molecule has 0 spiro atoms. The second-order valence-corrected chi connectivity index (χ2v) is 2.99. The van der Waals surface area contributed by atoms with Gasteiger partial charge in [0.1, 0.15) is 18.1 Å². The third-order valence-corrected chi connectivity index (χ3v) is 1.77. The number of methoxy groups -OCH3 is 1. The molecule has 0 amide bonds. The topological polar surface area (TPSA) is 42.6 Å². The minimum Gasteiger partial charge on any atom is -0.465 e. The maximum absolute atomic E-state index is 8.79. The predicted molar refractivity (Wildman–Crippen MR) is 43.2 cm³/mol. The highest BCUT2D eigenvalue weighted by Gasteiger charge is 2.12. The quantitative estimate of drug-likeness (QED) is 0.844. The maximum Gasteiger partial charge on any atom is 0.138 e. The Balaban J connectivity index is 2.73. The van der Waals surface area contributed by atoms with Crippen LogP contribution in [-0.2, 0) is 4.74 Å². The van der Waals surface area contributed by atoms with Crippen molar-refractivity contribution in [3.63, 3.8) is 0 Å². The van der Waals surface area contributed by atoms with E-state index in [4.69, 9.17) is 14.3 Å². The van der Waals surface area contributed by atoms with Gasteiger partial charge in [-0.05, 0) is 22.0 Å². The molecule has 1 rings (SSSR count). The van der Waals surface area contributed by atoms with Crippen LogP contribution in [0.2, 0.25) is 0 Å². The molecule has 0 fully saturated rings. The Hall–Kier alpha value is -0.320. The molecule has 1 heterocycles. The van der Waals surface area contributed by atoms with Crippen LogP contribution in [0, 0.1) is 0 Å². The number of hydrogen-bond acceptors (Lipinski definition) is 3. The van der Waals surface area contributed by atoms with Crippen LogP contribution in [0.4, 0.5) is 0 Å². The van der Waals surface area contributed by atoms with Gasteiger partial charge in [0.25, 0.3) is 0 Å². The van der Waals surface area contributed by atoms with E-state index in [-0.39, 0.29) is 12.7 Å². The molecule has 0 aliphatic heterocycles. The Kier molecular flexibility index (Phi) is 3.11. The average molecular weight is 221 g/mol. The number of furan rings is 1. The molecule has 0 aliphatic rings. The third kappa shape index (κ3) is 2.05. The van der Waals surface area contributed by atoms with Crippen molar-refractivity contribution in [3.05, 3.63) is 22.6 Å². The fraction of sp³-hybridized carbons (Fsp3) is 0.429. The summed E-state index contributed by atoms with van der Waals surface area (Å²) in [5.41, 5.74) is 0. The highest BCUT2D eigenvalue weighted by atomic mass is 79.9. The molecule has 0 aliphatic carbocycles. The van der Waals surface area contributed by atoms with Crippen molar-refractivity contribution in [2.45, 2.75) is 6.10 Å². The Morgan fingerprint density at radius 1 is 1.82 bits per heavy atom. The van der Waals surface area contributed by atoms with Crippen molar-refractivity contribution in [3.8, 4) is 0 Å². The van der Waals surface area contributed by atoms with Crippen LogP contribution < -0.4 is 0 Å². The molecule has 0 saturated carbocycles. The van der Waals surface area contributed by atoms with Crippen LogP contribution in [0.25, 0.3) is 0 Å². The summed E-state index contributed by atoms with van der Waals surface area (Å²) in [7, 11) is 1.53. The first kappa shape index (κ1) is 8.77. The Bertz CT molecular complexity index is 217. The number of aliphatic hydroxyl groups is 1. The van der Waals surface area contributed by atoms with Crippen molar-refractivity contribution >= 4 is 15.9 Å². The summed E-state index contributed by atoms with van der Waals surface area (Å²) in [5, 5.41) is 8.79. The predicted octanol–water partition coefficient (Wildman–Crippen LogP) is 1.72. The van der Waals surface area contributed by atoms with Gasteiger partial charge in [-0.3, -0.25) is 0 Å². The van der Waals surface area contributed by atoms with E-state index in [9.17, 15) is 0 Å². The molecular weight excluding hydrogens is 212 g/mol. The van der Waals surface area contributed by atoms with Gasteiger partial charge in [-0.25, -0.2) is 0 Å². The zero-order valence-electron chi connectivity index (χ0n) is 6.08. The van der Waals surface area contributed by atoms with Crippen LogP contribution in [-0.4, -0.2) is 18.8 Å². The minimum atomic E-state index is -0.360. The summed E-state index contributed by atoms with van der Waals surface area (Å²) < 4.78 is 10.9. The Morgan fingerprint density at radius 3 is 2.91 bits per heavy atom. The van der Waals surface area contributed by atoms with Crippen LogP contribution >= 0.6 is 15.9 Å². The van der Waals surface area contributed by atoms with E-state index >= 15 is 0 Å². The van der Waals surface area contributed by atoms with Crippen LogP contribution in [0.3, 0.4) is 0 Å². The number of rotatable bonds is 3. The first-order valence-electron chi connectivity index (χ1n) is 3.15. The van der Waals surface area contributed by atoms with Crippen molar-refractivity contribution in [1.29, 1.82) is 0 Å². The number of ether oxygens (including phenoxy) is 1. The van der Waals surface area contributed by atoms with Gasteiger partial charge in [0, 0.05) is 7.11 Å². The van der Waals surface area contributed by atoms with E-state index in [0.717, 1.165) is 4.47 Å². The van der Waals surface area contributed by atoms with E-state index in [1.165, 1.54) is 7.11 Å². The molecule has 0 bridgehead atoms. The van der Waals surface area contributed by atoms with E-state index in [0.29, 0.717) is 5.76 Å². The molecule has 1 aromatic rings. The Morgan fingerprint density at radius 2 is 2.55 bits per heavy atom. The lowest BCUT2D eigenvalue weighted by atomic mass is 10.3. The number of aliphatic hydroxyl groups excluding tert-OH is 1. The van der Waals surface area contributed by atoms with Gasteiger partial charge in [0.2, 0.25) is 0 Å². The smallest absolute Gasteiger partial charge is 0.138 e. The normalized spacial score (nSPS) is 13.4. The lowest BCUT2D eigenvalue weighted by molar-refractivity contribution is 0.0334. The second kappa shape index (κ2) is 3.90. The van der Waals surface area contributed by atoms with E-state index in [1.54, 1.807) is 12.3 Å². The number of halogens is 1. The zero-order valence-corrected chi connectivity index (χ0v) is 7.67. The lowest BCUT2D eigenvalue weighted by Gasteiger charge is -2.07. The Labute approximate surface area is 73.1 Å². The van der Waals surface area contributed by atoms with Gasteiger partial charge in [-0.15, -0.1) is 0 Å². The number of hydrogen-bond donors (Lipinski definition) is 1. The summed E-state index contributed by atoms with van der Waals surface area (Å²) in [6.07, 6.45) is 1.19. The second-order valence-electron chi connectivity index (χ2n) is 2.07. The summed E-state index contributed by atoms with van der Waals surface area (Å²) in [4.78, 5) is 0. The lowest BCUT2D eigenvalue weighted by Crippen LogP contribution is -2.04. The van der Waals surface area contributed by atoms with Gasteiger partial charge >= 0.3 is 0 Å². The first-order valence-corrected chi connectivity index (χ1v) is 3.94. The average Bonchev–Trinajstić information content (AvgIpc) is 2.39. The fourth-order valence-electron chi connectivity index (χ4n) is 0.778. The summed E-state index contributed by atoms with van der Waals surface area (Å²) in [6.45, 7) is -0.0730. The molecule has 1 aromatic heterocycles. The monoisotopic (exact) mass is 220 g/mol. The standard InChI is InChI=1S/C7H9BrO3/c1-10-7(3-9)6-2-5(8)4-11-6/h2,4,7,9H,3H2,1H3. The molecule has 0 radical (unpaired) electrons. The first-order chi connectivity index (χ1) is 5.27. The van der Waals surface area contributed by atoms with Gasteiger partial charge < -0.3 is 14.3 Å². The van der Waals surface area contributed by atoms with Crippen LogP contribution in [0.5, 0.6) is 0 Å². The van der Waals surface area contributed by atoms with Gasteiger partial charge in [0.15, 0.2) is 0 Å². The summed E-state index contributed by atoms with van der Waals surface area (Å²) in [6, 6.07) is 1.77. The molecule has 1 unspecified atom stereocenters. The fourth-order valence-corrected chi connectivity index (χ4v) is 1.10. The third-order valence-electron chi connectivity index (χ3n) is 1.36. The van der Waals surface area contributed by atoms with Crippen LogP contribution in [0.1, 0.15) is 11.9 Å². The van der Waals surface area contributed by atoms with E-state index in [2.05, 4.69) is 15.9 Å². The van der Waals surface area contributed by atoms with Crippen molar-refractivity contribution in [2.75, 3.05) is 13.7 Å². The zero-order chi connectivity index (χ0) is 8.27. The highest BCUT2D eigenvalue weighted by Crippen LogP contribution is 2.21. The summed E-state index contributed by atoms with van der Waals surface area (Å²) in [5.74, 6) is 0.627. The molecule has 4 heteroatoms. The molecule has 62 valence electrons. The molecule has 1 atom stereocenters. The molecule has 1 N–H and O–H groups in total.